The third kappa shape index (κ3) is 4.12. The van der Waals surface area contributed by atoms with Crippen LogP contribution in [0.5, 0.6) is 5.75 Å². The SMILES string of the molecule is COc1ccc(N(Cc2ccc([N+](=O)[O-])cc2)S(=O)(=O)c2ccccc2)cc1. The average molecular weight is 398 g/mol. The smallest absolute Gasteiger partial charge is 0.269 e. The number of sulfonamides is 1. The molecule has 0 bridgehead atoms. The van der Waals surface area contributed by atoms with Crippen LogP contribution in [-0.2, 0) is 16.6 Å². The Morgan fingerprint density at radius 2 is 1.54 bits per heavy atom. The van der Waals surface area contributed by atoms with Crippen LogP contribution in [0.3, 0.4) is 0 Å². The van der Waals surface area contributed by atoms with Crippen LogP contribution in [0.1, 0.15) is 5.56 Å². The molecule has 0 saturated heterocycles. The van der Waals surface area contributed by atoms with Crippen LogP contribution in [0.4, 0.5) is 11.4 Å². The monoisotopic (exact) mass is 398 g/mol. The minimum absolute atomic E-state index is 0.0293. The lowest BCUT2D eigenvalue weighted by molar-refractivity contribution is -0.384. The summed E-state index contributed by atoms with van der Waals surface area (Å²) in [5.74, 6) is 0.608. The molecule has 0 amide bonds. The van der Waals surface area contributed by atoms with Gasteiger partial charge >= 0.3 is 0 Å². The van der Waals surface area contributed by atoms with Gasteiger partial charge in [0.2, 0.25) is 0 Å². The van der Waals surface area contributed by atoms with E-state index in [0.717, 1.165) is 0 Å². The van der Waals surface area contributed by atoms with E-state index in [1.54, 1.807) is 54.6 Å². The number of ether oxygens (including phenoxy) is 1. The zero-order chi connectivity index (χ0) is 20.1. The molecule has 8 heteroatoms. The fourth-order valence-corrected chi connectivity index (χ4v) is 4.15. The highest BCUT2D eigenvalue weighted by Crippen LogP contribution is 2.28. The molecular weight excluding hydrogens is 380 g/mol. The van der Waals surface area contributed by atoms with Crippen molar-refractivity contribution in [2.45, 2.75) is 11.4 Å². The van der Waals surface area contributed by atoms with Crippen molar-refractivity contribution in [3.8, 4) is 5.75 Å². The van der Waals surface area contributed by atoms with Gasteiger partial charge in [0.15, 0.2) is 0 Å². The average Bonchev–Trinajstić information content (AvgIpc) is 2.73. The van der Waals surface area contributed by atoms with Gasteiger partial charge in [0.25, 0.3) is 15.7 Å². The molecule has 144 valence electrons. The molecular formula is C20H18N2O5S. The maximum Gasteiger partial charge on any atom is 0.269 e. The zero-order valence-corrected chi connectivity index (χ0v) is 15.9. The summed E-state index contributed by atoms with van der Waals surface area (Å²) in [6.45, 7) is 0.0293. The van der Waals surface area contributed by atoms with E-state index >= 15 is 0 Å². The molecule has 0 aliphatic heterocycles. The Kier molecular flexibility index (Phi) is 5.60. The molecule has 0 aliphatic carbocycles. The van der Waals surface area contributed by atoms with Crippen molar-refractivity contribution in [1.82, 2.24) is 0 Å². The number of anilines is 1. The highest BCUT2D eigenvalue weighted by atomic mass is 32.2. The molecule has 0 radical (unpaired) electrons. The molecule has 7 nitrogen and oxygen atoms in total. The van der Waals surface area contributed by atoms with E-state index in [9.17, 15) is 18.5 Å². The first-order valence-electron chi connectivity index (χ1n) is 8.37. The minimum Gasteiger partial charge on any atom is -0.497 e. The minimum atomic E-state index is -3.84. The van der Waals surface area contributed by atoms with Crippen molar-refractivity contribution in [3.63, 3.8) is 0 Å². The molecule has 0 atom stereocenters. The summed E-state index contributed by atoms with van der Waals surface area (Å²) in [6, 6.07) is 20.6. The molecule has 0 fully saturated rings. The number of nitro groups is 1. The molecule has 0 aliphatic rings. The van der Waals surface area contributed by atoms with Crippen LogP contribution < -0.4 is 9.04 Å². The van der Waals surface area contributed by atoms with Crippen LogP contribution in [-0.4, -0.2) is 20.5 Å². The number of nitro benzene ring substituents is 1. The molecule has 28 heavy (non-hydrogen) atoms. The van der Waals surface area contributed by atoms with Crippen molar-refractivity contribution >= 4 is 21.4 Å². The van der Waals surface area contributed by atoms with Crippen molar-refractivity contribution in [2.24, 2.45) is 0 Å². The van der Waals surface area contributed by atoms with Gasteiger partial charge in [-0.3, -0.25) is 14.4 Å². The predicted molar refractivity (Wildman–Crippen MR) is 106 cm³/mol. The Morgan fingerprint density at radius 1 is 0.929 bits per heavy atom. The third-order valence-corrected chi connectivity index (χ3v) is 5.95. The Bertz CT molecular complexity index is 1050. The fraction of sp³-hybridized carbons (Fsp3) is 0.100. The highest BCUT2D eigenvalue weighted by molar-refractivity contribution is 7.92. The van der Waals surface area contributed by atoms with Gasteiger partial charge in [-0.15, -0.1) is 0 Å². The summed E-state index contributed by atoms with van der Waals surface area (Å²) in [5, 5.41) is 10.8. The number of methoxy groups -OCH3 is 1. The zero-order valence-electron chi connectivity index (χ0n) is 15.1. The Hall–Kier alpha value is -3.39. The molecule has 3 rings (SSSR count). The first-order chi connectivity index (χ1) is 13.4. The van der Waals surface area contributed by atoms with E-state index in [4.69, 9.17) is 4.74 Å². The van der Waals surface area contributed by atoms with Gasteiger partial charge in [-0.2, -0.15) is 0 Å². The van der Waals surface area contributed by atoms with Gasteiger partial charge in [-0.1, -0.05) is 30.3 Å². The maximum atomic E-state index is 13.3. The second-order valence-corrected chi connectivity index (χ2v) is 7.81. The van der Waals surface area contributed by atoms with Gasteiger partial charge in [0.1, 0.15) is 5.75 Å². The number of non-ortho nitro benzene ring substituents is 1. The van der Waals surface area contributed by atoms with E-state index in [1.165, 1.54) is 35.7 Å². The van der Waals surface area contributed by atoms with Gasteiger partial charge in [0, 0.05) is 12.1 Å². The van der Waals surface area contributed by atoms with Gasteiger partial charge in [0.05, 0.1) is 29.2 Å². The summed E-state index contributed by atoms with van der Waals surface area (Å²) >= 11 is 0. The molecule has 0 heterocycles. The number of hydrogen-bond acceptors (Lipinski definition) is 5. The topological polar surface area (TPSA) is 89.8 Å². The molecule has 0 unspecified atom stereocenters. The Labute approximate surface area is 163 Å². The number of rotatable bonds is 7. The van der Waals surface area contributed by atoms with E-state index in [-0.39, 0.29) is 17.1 Å². The van der Waals surface area contributed by atoms with Gasteiger partial charge in [-0.25, -0.2) is 8.42 Å². The molecule has 0 saturated carbocycles. The summed E-state index contributed by atoms with van der Waals surface area (Å²) in [5.41, 5.74) is 1.04. The number of nitrogens with zero attached hydrogens (tertiary/aromatic N) is 2. The molecule has 3 aromatic carbocycles. The summed E-state index contributed by atoms with van der Waals surface area (Å²) < 4.78 is 32.9. The third-order valence-electron chi connectivity index (χ3n) is 4.16. The lowest BCUT2D eigenvalue weighted by Gasteiger charge is -2.25. The molecule has 3 aromatic rings. The summed E-state index contributed by atoms with van der Waals surface area (Å²) in [7, 11) is -2.31. The lowest BCUT2D eigenvalue weighted by atomic mass is 10.2. The van der Waals surface area contributed by atoms with Gasteiger partial charge in [-0.05, 0) is 42.0 Å². The largest absolute Gasteiger partial charge is 0.497 e. The second-order valence-electron chi connectivity index (χ2n) is 5.95. The van der Waals surface area contributed by atoms with Crippen molar-refractivity contribution in [1.29, 1.82) is 0 Å². The Morgan fingerprint density at radius 3 is 2.07 bits per heavy atom. The Balaban J connectivity index is 2.02. The normalized spacial score (nSPS) is 11.0. The van der Waals surface area contributed by atoms with Crippen LogP contribution in [0.2, 0.25) is 0 Å². The standard InChI is InChI=1S/C20H18N2O5S/c1-27-19-13-11-17(12-14-19)21(28(25,26)20-5-3-2-4-6-20)15-16-7-9-18(10-8-16)22(23)24/h2-14H,15H2,1H3. The molecule has 0 N–H and O–H groups in total. The van der Waals surface area contributed by atoms with E-state index in [2.05, 4.69) is 0 Å². The highest BCUT2D eigenvalue weighted by Gasteiger charge is 2.25. The second kappa shape index (κ2) is 8.10. The molecule has 0 aromatic heterocycles. The van der Waals surface area contributed by atoms with E-state index < -0.39 is 14.9 Å². The van der Waals surface area contributed by atoms with Crippen molar-refractivity contribution < 1.29 is 18.1 Å². The van der Waals surface area contributed by atoms with Gasteiger partial charge < -0.3 is 4.74 Å². The van der Waals surface area contributed by atoms with E-state index in [0.29, 0.717) is 17.0 Å². The first kappa shape index (κ1) is 19.4. The number of benzene rings is 3. The maximum absolute atomic E-state index is 13.3. The van der Waals surface area contributed by atoms with Crippen LogP contribution >= 0.6 is 0 Å². The van der Waals surface area contributed by atoms with Crippen molar-refractivity contribution in [3.05, 3.63) is 94.5 Å². The van der Waals surface area contributed by atoms with Crippen LogP contribution in [0.25, 0.3) is 0 Å². The number of hydrogen-bond donors (Lipinski definition) is 0. The first-order valence-corrected chi connectivity index (χ1v) is 9.81. The lowest BCUT2D eigenvalue weighted by Crippen LogP contribution is -2.30. The summed E-state index contributed by atoms with van der Waals surface area (Å²) in [4.78, 5) is 10.5. The van der Waals surface area contributed by atoms with Crippen LogP contribution in [0.15, 0.2) is 83.8 Å². The van der Waals surface area contributed by atoms with Crippen LogP contribution in [0, 0.1) is 10.1 Å². The summed E-state index contributed by atoms with van der Waals surface area (Å²) in [6.07, 6.45) is 0. The predicted octanol–water partition coefficient (Wildman–Crippen LogP) is 4.00. The van der Waals surface area contributed by atoms with Crippen molar-refractivity contribution in [2.75, 3.05) is 11.4 Å². The molecule has 0 spiro atoms. The quantitative estimate of drug-likeness (QED) is 0.443. The van der Waals surface area contributed by atoms with E-state index in [1.807, 2.05) is 0 Å². The fourth-order valence-electron chi connectivity index (χ4n) is 2.67.